The minimum absolute atomic E-state index is 0.00756. The van der Waals surface area contributed by atoms with Crippen molar-refractivity contribution < 1.29 is 14.3 Å². The Morgan fingerprint density at radius 1 is 1.43 bits per heavy atom. The van der Waals surface area contributed by atoms with Crippen molar-refractivity contribution in [2.45, 2.75) is 46.3 Å². The predicted molar refractivity (Wildman–Crippen MR) is 89.9 cm³/mol. The molecule has 1 saturated heterocycles. The number of amides is 2. The summed E-state index contributed by atoms with van der Waals surface area (Å²) in [5, 5.41) is 6.08. The second-order valence-corrected chi connectivity index (χ2v) is 7.05. The zero-order valence-electron chi connectivity index (χ0n) is 14.3. The van der Waals surface area contributed by atoms with Crippen molar-refractivity contribution >= 4 is 11.7 Å². The van der Waals surface area contributed by atoms with Crippen molar-refractivity contribution in [1.82, 2.24) is 5.32 Å². The first-order chi connectivity index (χ1) is 10.9. The smallest absolute Gasteiger partial charge is 0.319 e. The molecule has 0 radical (unpaired) electrons. The zero-order chi connectivity index (χ0) is 16.6. The number of anilines is 1. The van der Waals surface area contributed by atoms with Gasteiger partial charge in [0.25, 0.3) is 0 Å². The summed E-state index contributed by atoms with van der Waals surface area (Å²) >= 11 is 0. The lowest BCUT2D eigenvalue weighted by molar-refractivity contribution is -0.107. The van der Waals surface area contributed by atoms with Gasteiger partial charge in [-0.15, -0.1) is 0 Å². The van der Waals surface area contributed by atoms with Crippen molar-refractivity contribution in [2.75, 3.05) is 18.5 Å². The lowest BCUT2D eigenvalue weighted by atomic mass is 9.57. The van der Waals surface area contributed by atoms with Crippen LogP contribution in [0.5, 0.6) is 5.75 Å². The number of hydrogen-bond donors (Lipinski definition) is 2. The van der Waals surface area contributed by atoms with Crippen LogP contribution < -0.4 is 15.4 Å². The Morgan fingerprint density at radius 2 is 2.22 bits per heavy atom. The molecular weight excluding hydrogens is 292 g/mol. The first kappa shape index (κ1) is 16.1. The van der Waals surface area contributed by atoms with Gasteiger partial charge in [-0.3, -0.25) is 0 Å². The maximum atomic E-state index is 12.4. The van der Waals surface area contributed by atoms with Crippen LogP contribution in [0.2, 0.25) is 0 Å². The van der Waals surface area contributed by atoms with E-state index < -0.39 is 0 Å². The molecule has 1 saturated carbocycles. The minimum atomic E-state index is -0.152. The van der Waals surface area contributed by atoms with Gasteiger partial charge in [0.2, 0.25) is 0 Å². The molecule has 5 nitrogen and oxygen atoms in total. The summed E-state index contributed by atoms with van der Waals surface area (Å²) in [4.78, 5) is 12.4. The van der Waals surface area contributed by atoms with Crippen LogP contribution in [0.15, 0.2) is 18.2 Å². The fraction of sp³-hybridized carbons (Fsp3) is 0.611. The summed E-state index contributed by atoms with van der Waals surface area (Å²) in [6.07, 6.45) is 1.31. The summed E-state index contributed by atoms with van der Waals surface area (Å²) < 4.78 is 11.2. The molecule has 0 spiro atoms. The molecule has 1 aromatic carbocycles. The van der Waals surface area contributed by atoms with Gasteiger partial charge < -0.3 is 20.1 Å². The van der Waals surface area contributed by atoms with E-state index >= 15 is 0 Å². The largest absolute Gasteiger partial charge is 0.494 e. The molecule has 1 aliphatic heterocycles. The zero-order valence-corrected chi connectivity index (χ0v) is 14.3. The highest BCUT2D eigenvalue weighted by Crippen LogP contribution is 2.52. The molecule has 23 heavy (non-hydrogen) atoms. The number of urea groups is 1. The van der Waals surface area contributed by atoms with Crippen molar-refractivity contribution in [1.29, 1.82) is 0 Å². The van der Waals surface area contributed by atoms with Gasteiger partial charge in [0.05, 0.1) is 12.7 Å². The van der Waals surface area contributed by atoms with Crippen molar-refractivity contribution in [2.24, 2.45) is 11.3 Å². The monoisotopic (exact) mass is 318 g/mol. The van der Waals surface area contributed by atoms with Gasteiger partial charge in [-0.1, -0.05) is 13.8 Å². The molecule has 1 heterocycles. The topological polar surface area (TPSA) is 59.6 Å². The number of hydrogen-bond acceptors (Lipinski definition) is 3. The normalized spacial score (nSPS) is 27.7. The summed E-state index contributed by atoms with van der Waals surface area (Å²) in [5.74, 6) is 1.26. The SMILES string of the molecule is CCOc1ccc(NC(=O)N[C@@H]2[C@@H]3CCO[C@@H]3C2(C)C)c(C)c1. The fourth-order valence-corrected chi connectivity index (χ4v) is 3.95. The Kier molecular flexibility index (Phi) is 4.23. The van der Waals surface area contributed by atoms with Gasteiger partial charge in [0, 0.05) is 29.7 Å². The van der Waals surface area contributed by atoms with E-state index in [0.717, 1.165) is 30.0 Å². The highest BCUT2D eigenvalue weighted by atomic mass is 16.5. The van der Waals surface area contributed by atoms with Gasteiger partial charge in [-0.2, -0.15) is 0 Å². The minimum Gasteiger partial charge on any atom is -0.494 e. The number of nitrogens with one attached hydrogen (secondary N) is 2. The molecule has 5 heteroatoms. The second-order valence-electron chi connectivity index (χ2n) is 7.05. The molecule has 2 aliphatic rings. The van der Waals surface area contributed by atoms with Gasteiger partial charge in [0.1, 0.15) is 5.75 Å². The fourth-order valence-electron chi connectivity index (χ4n) is 3.95. The Bertz CT molecular complexity index is 600. The Morgan fingerprint density at radius 3 is 2.91 bits per heavy atom. The summed E-state index contributed by atoms with van der Waals surface area (Å²) in [6.45, 7) is 9.67. The maximum absolute atomic E-state index is 12.4. The van der Waals surface area contributed by atoms with Crippen molar-refractivity contribution in [3.63, 3.8) is 0 Å². The van der Waals surface area contributed by atoms with Gasteiger partial charge in [0.15, 0.2) is 0 Å². The van der Waals surface area contributed by atoms with Crippen molar-refractivity contribution in [3.8, 4) is 5.75 Å². The maximum Gasteiger partial charge on any atom is 0.319 e. The van der Waals surface area contributed by atoms with Crippen molar-refractivity contribution in [3.05, 3.63) is 23.8 Å². The Labute approximate surface area is 137 Å². The Hall–Kier alpha value is -1.75. The van der Waals surface area contributed by atoms with E-state index in [1.807, 2.05) is 32.0 Å². The quantitative estimate of drug-likeness (QED) is 0.895. The molecule has 126 valence electrons. The number of carbonyl (C=O) groups excluding carboxylic acids is 1. The first-order valence-electron chi connectivity index (χ1n) is 8.36. The van der Waals surface area contributed by atoms with Crippen LogP contribution in [-0.2, 0) is 4.74 Å². The summed E-state index contributed by atoms with van der Waals surface area (Å²) in [6, 6.07) is 5.71. The highest BCUT2D eigenvalue weighted by Gasteiger charge is 2.59. The van der Waals surface area contributed by atoms with E-state index in [0.29, 0.717) is 12.5 Å². The van der Waals surface area contributed by atoms with Gasteiger partial charge >= 0.3 is 6.03 Å². The third kappa shape index (κ3) is 2.90. The van der Waals surface area contributed by atoms with Crippen LogP contribution in [-0.4, -0.2) is 31.4 Å². The standard InChI is InChI=1S/C18H26N2O3/c1-5-22-12-6-7-14(11(2)10-12)19-17(21)20-15-13-8-9-23-16(13)18(15,3)4/h6-7,10,13,15-16H,5,8-9H2,1-4H3,(H2,19,20,21)/t13-,15+,16-/m0/s1. The molecular formula is C18H26N2O3. The molecule has 0 unspecified atom stereocenters. The van der Waals surface area contributed by atoms with E-state index in [9.17, 15) is 4.79 Å². The molecule has 0 aromatic heterocycles. The number of benzene rings is 1. The Balaban J connectivity index is 1.62. The molecule has 3 atom stereocenters. The number of aryl methyl sites for hydroxylation is 1. The first-order valence-corrected chi connectivity index (χ1v) is 8.36. The van der Waals surface area contributed by atoms with E-state index in [-0.39, 0.29) is 23.6 Å². The number of fused-ring (bicyclic) bond motifs is 1. The number of rotatable bonds is 4. The molecule has 3 rings (SSSR count). The van der Waals surface area contributed by atoms with Crippen LogP contribution in [0.25, 0.3) is 0 Å². The van der Waals surface area contributed by atoms with Crippen LogP contribution in [0.4, 0.5) is 10.5 Å². The molecule has 1 aliphatic carbocycles. The molecule has 2 amide bonds. The molecule has 0 bridgehead atoms. The molecule has 2 N–H and O–H groups in total. The summed E-state index contributed by atoms with van der Waals surface area (Å²) in [7, 11) is 0. The lowest BCUT2D eigenvalue weighted by Gasteiger charge is -2.54. The van der Waals surface area contributed by atoms with Crippen LogP contribution >= 0.6 is 0 Å². The molecule has 1 aromatic rings. The average molecular weight is 318 g/mol. The van der Waals surface area contributed by atoms with Crippen LogP contribution in [0.3, 0.4) is 0 Å². The van der Waals surface area contributed by atoms with Crippen LogP contribution in [0, 0.1) is 18.3 Å². The lowest BCUT2D eigenvalue weighted by Crippen LogP contribution is -2.67. The van der Waals surface area contributed by atoms with E-state index in [4.69, 9.17) is 9.47 Å². The van der Waals surface area contributed by atoms with Gasteiger partial charge in [-0.05, 0) is 44.0 Å². The van der Waals surface area contributed by atoms with Crippen LogP contribution in [0.1, 0.15) is 32.8 Å². The van der Waals surface area contributed by atoms with E-state index in [1.54, 1.807) is 0 Å². The highest BCUT2D eigenvalue weighted by molar-refractivity contribution is 5.90. The average Bonchev–Trinajstić information content (AvgIpc) is 2.95. The van der Waals surface area contributed by atoms with E-state index in [2.05, 4.69) is 24.5 Å². The molecule has 2 fully saturated rings. The van der Waals surface area contributed by atoms with E-state index in [1.165, 1.54) is 0 Å². The number of ether oxygens (including phenoxy) is 2. The van der Waals surface area contributed by atoms with Gasteiger partial charge in [-0.25, -0.2) is 4.79 Å². The second kappa shape index (κ2) is 6.04. The summed E-state index contributed by atoms with van der Waals surface area (Å²) in [5.41, 5.74) is 1.79. The number of carbonyl (C=O) groups is 1. The third-order valence-electron chi connectivity index (χ3n) is 5.14. The predicted octanol–water partition coefficient (Wildman–Crippen LogP) is 3.33. The third-order valence-corrected chi connectivity index (χ3v) is 5.14.